The molecule has 0 amide bonds. The molecule has 1 aromatic heterocycles. The van der Waals surface area contributed by atoms with Crippen LogP contribution in [0.4, 0.5) is 5.82 Å². The van der Waals surface area contributed by atoms with Crippen molar-refractivity contribution in [1.82, 2.24) is 9.97 Å². The number of hydrogen-bond acceptors (Lipinski definition) is 3. The van der Waals surface area contributed by atoms with E-state index in [1.54, 1.807) is 0 Å². The van der Waals surface area contributed by atoms with Gasteiger partial charge in [-0.3, -0.25) is 0 Å². The minimum absolute atomic E-state index is 0.808. The van der Waals surface area contributed by atoms with E-state index in [1.807, 2.05) is 18.2 Å². The van der Waals surface area contributed by atoms with Crippen molar-refractivity contribution >= 4 is 39.3 Å². The maximum absolute atomic E-state index is 4.97. The van der Waals surface area contributed by atoms with Crippen molar-refractivity contribution in [2.45, 2.75) is 19.8 Å². The molecule has 1 saturated heterocycles. The molecule has 24 heavy (non-hydrogen) atoms. The van der Waals surface area contributed by atoms with Crippen LogP contribution >= 0.6 is 22.6 Å². The minimum Gasteiger partial charge on any atom is -0.356 e. The molecule has 0 bridgehead atoms. The Balaban J connectivity index is 1.87. The van der Waals surface area contributed by atoms with Gasteiger partial charge in [-0.15, -0.1) is 0 Å². The maximum atomic E-state index is 4.97. The van der Waals surface area contributed by atoms with Crippen LogP contribution in [-0.2, 0) is 0 Å². The predicted molar refractivity (Wildman–Crippen MR) is 108 cm³/mol. The summed E-state index contributed by atoms with van der Waals surface area (Å²) in [6, 6.07) is 16.7. The van der Waals surface area contributed by atoms with Gasteiger partial charge >= 0.3 is 0 Å². The van der Waals surface area contributed by atoms with Crippen LogP contribution in [0.15, 0.2) is 48.5 Å². The molecule has 0 N–H and O–H groups in total. The summed E-state index contributed by atoms with van der Waals surface area (Å²) in [5, 5.41) is 1.16. The van der Waals surface area contributed by atoms with E-state index in [0.717, 1.165) is 47.1 Å². The third-order valence-electron chi connectivity index (χ3n) is 4.75. The number of piperidine rings is 1. The zero-order valence-electron chi connectivity index (χ0n) is 13.7. The quantitative estimate of drug-likeness (QED) is 0.529. The second kappa shape index (κ2) is 6.67. The number of hydrogen-bond donors (Lipinski definition) is 0. The van der Waals surface area contributed by atoms with E-state index in [-0.39, 0.29) is 0 Å². The summed E-state index contributed by atoms with van der Waals surface area (Å²) in [6.45, 7) is 4.49. The van der Waals surface area contributed by atoms with Crippen molar-refractivity contribution in [3.05, 3.63) is 52.1 Å². The molecule has 0 aliphatic carbocycles. The lowest BCUT2D eigenvalue weighted by atomic mass is 9.99. The first-order valence-corrected chi connectivity index (χ1v) is 9.56. The summed E-state index contributed by atoms with van der Waals surface area (Å²) in [5.74, 6) is 2.71. The molecule has 3 aromatic rings. The summed E-state index contributed by atoms with van der Waals surface area (Å²) >= 11 is 2.36. The van der Waals surface area contributed by atoms with Crippen molar-refractivity contribution < 1.29 is 0 Å². The minimum atomic E-state index is 0.808. The smallest absolute Gasteiger partial charge is 0.162 e. The first-order valence-electron chi connectivity index (χ1n) is 8.48. The Morgan fingerprint density at radius 1 is 1.00 bits per heavy atom. The first-order chi connectivity index (χ1) is 11.7. The van der Waals surface area contributed by atoms with Crippen molar-refractivity contribution in [2.24, 2.45) is 5.92 Å². The SMILES string of the molecule is CC1CCN(c2nc(-c3ccccc3)nc3ccc(I)cc23)CC1. The van der Waals surface area contributed by atoms with Gasteiger partial charge in [0, 0.05) is 27.6 Å². The highest BCUT2D eigenvalue weighted by Crippen LogP contribution is 2.31. The average Bonchev–Trinajstić information content (AvgIpc) is 2.62. The number of nitrogens with zero attached hydrogens (tertiary/aromatic N) is 3. The summed E-state index contributed by atoms with van der Waals surface area (Å²) in [6.07, 6.45) is 2.46. The fraction of sp³-hybridized carbons (Fsp3) is 0.300. The normalized spacial score (nSPS) is 15.8. The number of benzene rings is 2. The molecule has 2 heterocycles. The van der Waals surface area contributed by atoms with Crippen LogP contribution in [0.1, 0.15) is 19.8 Å². The Bertz CT molecular complexity index is 855. The maximum Gasteiger partial charge on any atom is 0.162 e. The van der Waals surface area contributed by atoms with Crippen molar-refractivity contribution in [3.63, 3.8) is 0 Å². The van der Waals surface area contributed by atoms with Gasteiger partial charge in [0.15, 0.2) is 5.82 Å². The van der Waals surface area contributed by atoms with Gasteiger partial charge in [-0.05, 0) is 59.5 Å². The van der Waals surface area contributed by atoms with Crippen LogP contribution in [0.3, 0.4) is 0 Å². The molecular weight excluding hydrogens is 409 g/mol. The van der Waals surface area contributed by atoms with Gasteiger partial charge in [0.25, 0.3) is 0 Å². The summed E-state index contributed by atoms with van der Waals surface area (Å²) in [5.41, 5.74) is 2.10. The van der Waals surface area contributed by atoms with Crippen LogP contribution < -0.4 is 4.90 Å². The average molecular weight is 429 g/mol. The summed E-state index contributed by atoms with van der Waals surface area (Å²) in [4.78, 5) is 12.2. The summed E-state index contributed by atoms with van der Waals surface area (Å²) in [7, 11) is 0. The lowest BCUT2D eigenvalue weighted by Gasteiger charge is -2.32. The highest BCUT2D eigenvalue weighted by Gasteiger charge is 2.20. The topological polar surface area (TPSA) is 29.0 Å². The molecular formula is C20H20IN3. The van der Waals surface area contributed by atoms with Gasteiger partial charge in [-0.25, -0.2) is 9.97 Å². The third-order valence-corrected chi connectivity index (χ3v) is 5.42. The molecule has 0 spiro atoms. The van der Waals surface area contributed by atoms with Crippen LogP contribution in [-0.4, -0.2) is 23.1 Å². The number of fused-ring (bicyclic) bond motifs is 1. The fourth-order valence-electron chi connectivity index (χ4n) is 3.26. The van der Waals surface area contributed by atoms with Crippen molar-refractivity contribution in [2.75, 3.05) is 18.0 Å². The van der Waals surface area contributed by atoms with E-state index in [0.29, 0.717) is 0 Å². The van der Waals surface area contributed by atoms with Gasteiger partial charge in [0.1, 0.15) is 5.82 Å². The highest BCUT2D eigenvalue weighted by atomic mass is 127. The van der Waals surface area contributed by atoms with Gasteiger partial charge in [-0.1, -0.05) is 37.3 Å². The number of anilines is 1. The second-order valence-electron chi connectivity index (χ2n) is 6.57. The lowest BCUT2D eigenvalue weighted by molar-refractivity contribution is 0.437. The van der Waals surface area contributed by atoms with E-state index in [1.165, 1.54) is 16.4 Å². The van der Waals surface area contributed by atoms with E-state index in [2.05, 4.69) is 64.7 Å². The lowest BCUT2D eigenvalue weighted by Crippen LogP contribution is -2.33. The largest absolute Gasteiger partial charge is 0.356 e. The Morgan fingerprint density at radius 3 is 2.50 bits per heavy atom. The molecule has 0 atom stereocenters. The molecule has 4 heteroatoms. The highest BCUT2D eigenvalue weighted by molar-refractivity contribution is 14.1. The van der Waals surface area contributed by atoms with Gasteiger partial charge in [0.05, 0.1) is 5.52 Å². The molecule has 2 aromatic carbocycles. The summed E-state index contributed by atoms with van der Waals surface area (Å²) < 4.78 is 1.22. The van der Waals surface area contributed by atoms with E-state index in [4.69, 9.17) is 9.97 Å². The van der Waals surface area contributed by atoms with Crippen molar-refractivity contribution in [1.29, 1.82) is 0 Å². The molecule has 1 aliphatic heterocycles. The number of aromatic nitrogens is 2. The van der Waals surface area contributed by atoms with Crippen molar-refractivity contribution in [3.8, 4) is 11.4 Å². The fourth-order valence-corrected chi connectivity index (χ4v) is 3.75. The van der Waals surface area contributed by atoms with Crippen LogP contribution in [0, 0.1) is 9.49 Å². The van der Waals surface area contributed by atoms with Crippen LogP contribution in [0.5, 0.6) is 0 Å². The van der Waals surface area contributed by atoms with E-state index >= 15 is 0 Å². The predicted octanol–water partition coefficient (Wildman–Crippen LogP) is 5.14. The molecule has 0 radical (unpaired) electrons. The molecule has 1 aliphatic rings. The van der Waals surface area contributed by atoms with E-state index < -0.39 is 0 Å². The Hall–Kier alpha value is -1.69. The molecule has 4 rings (SSSR count). The zero-order valence-corrected chi connectivity index (χ0v) is 15.9. The Labute approximate surface area is 156 Å². The van der Waals surface area contributed by atoms with Crippen LogP contribution in [0.2, 0.25) is 0 Å². The number of rotatable bonds is 2. The zero-order chi connectivity index (χ0) is 16.5. The molecule has 0 saturated carbocycles. The van der Waals surface area contributed by atoms with E-state index in [9.17, 15) is 0 Å². The first kappa shape index (κ1) is 15.8. The van der Waals surface area contributed by atoms with Gasteiger partial charge in [-0.2, -0.15) is 0 Å². The van der Waals surface area contributed by atoms with Gasteiger partial charge < -0.3 is 4.90 Å². The Kier molecular flexibility index (Phi) is 4.39. The standard InChI is InChI=1S/C20H20IN3/c1-14-9-11-24(12-10-14)20-17-13-16(21)7-8-18(17)22-19(23-20)15-5-3-2-4-6-15/h2-8,13-14H,9-12H2,1H3. The molecule has 3 nitrogen and oxygen atoms in total. The van der Waals surface area contributed by atoms with Crippen LogP contribution in [0.25, 0.3) is 22.3 Å². The molecule has 1 fully saturated rings. The number of halogens is 1. The van der Waals surface area contributed by atoms with Gasteiger partial charge in [0.2, 0.25) is 0 Å². The monoisotopic (exact) mass is 429 g/mol. The second-order valence-corrected chi connectivity index (χ2v) is 7.81. The third kappa shape index (κ3) is 3.11. The Morgan fingerprint density at radius 2 is 1.75 bits per heavy atom. The molecule has 0 unspecified atom stereocenters. The molecule has 122 valence electrons.